The number of nitrogens with one attached hydrogen (secondary N) is 1. The van der Waals surface area contributed by atoms with Crippen LogP contribution in [0.1, 0.15) is 36.0 Å². The summed E-state index contributed by atoms with van der Waals surface area (Å²) in [7, 11) is 1.27. The van der Waals surface area contributed by atoms with Gasteiger partial charge in [-0.05, 0) is 30.9 Å². The number of rotatable bonds is 4. The lowest BCUT2D eigenvalue weighted by atomic mass is 9.83. The second kappa shape index (κ2) is 6.97. The molecule has 1 aromatic heterocycles. The van der Waals surface area contributed by atoms with E-state index in [0.29, 0.717) is 18.4 Å². The van der Waals surface area contributed by atoms with E-state index in [-0.39, 0.29) is 11.7 Å². The lowest BCUT2D eigenvalue weighted by molar-refractivity contribution is -0.145. The molecule has 0 aromatic carbocycles. The predicted molar refractivity (Wildman–Crippen MR) is 74.5 cm³/mol. The Morgan fingerprint density at radius 2 is 2.29 bits per heavy atom. The van der Waals surface area contributed by atoms with E-state index in [1.54, 1.807) is 18.3 Å². The fraction of sp³-hybridized carbons (Fsp3) is 0.467. The van der Waals surface area contributed by atoms with Gasteiger partial charge in [-0.15, -0.1) is 0 Å². The molecule has 6 nitrogen and oxygen atoms in total. The summed E-state index contributed by atoms with van der Waals surface area (Å²) in [4.78, 5) is 39.5. The van der Waals surface area contributed by atoms with Crippen LogP contribution in [0.4, 0.5) is 0 Å². The highest BCUT2D eigenvalue weighted by atomic mass is 16.5. The van der Waals surface area contributed by atoms with Gasteiger partial charge in [-0.25, -0.2) is 4.79 Å². The number of pyridine rings is 1. The second-order valence-corrected chi connectivity index (χ2v) is 5.11. The van der Waals surface area contributed by atoms with Crippen LogP contribution in [0.25, 0.3) is 0 Å². The standard InChI is InChI=1S/C15H18N2O4/c1-21-15(20)13(10-4-2-6-12(18)8-10)17-14(19)11-5-3-7-16-9-11/h3,5,7,9-10,13H,2,4,6,8H2,1H3,(H,17,19)/t10-,13-/m1/s1. The number of Topliss-reactive ketones (excluding diaryl/α,β-unsaturated/α-hetero) is 1. The third-order valence-corrected chi connectivity index (χ3v) is 3.66. The first-order valence-electron chi connectivity index (χ1n) is 6.92. The predicted octanol–water partition coefficient (Wildman–Crippen LogP) is 1.11. The maximum Gasteiger partial charge on any atom is 0.328 e. The summed E-state index contributed by atoms with van der Waals surface area (Å²) < 4.78 is 4.76. The quantitative estimate of drug-likeness (QED) is 0.840. The topological polar surface area (TPSA) is 85.4 Å². The Kier molecular flexibility index (Phi) is 5.03. The number of amides is 1. The van der Waals surface area contributed by atoms with Gasteiger partial charge >= 0.3 is 5.97 Å². The first kappa shape index (κ1) is 15.2. The molecule has 6 heteroatoms. The van der Waals surface area contributed by atoms with E-state index in [0.717, 1.165) is 12.8 Å². The monoisotopic (exact) mass is 290 g/mol. The van der Waals surface area contributed by atoms with E-state index in [2.05, 4.69) is 10.3 Å². The van der Waals surface area contributed by atoms with Crippen molar-refractivity contribution in [1.82, 2.24) is 10.3 Å². The molecule has 0 radical (unpaired) electrons. The van der Waals surface area contributed by atoms with Gasteiger partial charge in [0.25, 0.3) is 5.91 Å². The fourth-order valence-corrected chi connectivity index (χ4v) is 2.56. The first-order valence-corrected chi connectivity index (χ1v) is 6.92. The molecule has 1 aromatic rings. The molecule has 2 atom stereocenters. The van der Waals surface area contributed by atoms with Gasteiger partial charge in [0.1, 0.15) is 11.8 Å². The Balaban J connectivity index is 2.11. The van der Waals surface area contributed by atoms with E-state index in [4.69, 9.17) is 4.74 Å². The molecule has 1 heterocycles. The van der Waals surface area contributed by atoms with Crippen molar-refractivity contribution in [2.75, 3.05) is 7.11 Å². The van der Waals surface area contributed by atoms with Gasteiger partial charge in [-0.2, -0.15) is 0 Å². The maximum absolute atomic E-state index is 12.2. The zero-order valence-corrected chi connectivity index (χ0v) is 11.9. The van der Waals surface area contributed by atoms with Gasteiger partial charge in [0, 0.05) is 25.2 Å². The van der Waals surface area contributed by atoms with Crippen molar-refractivity contribution in [2.24, 2.45) is 5.92 Å². The number of ketones is 1. The van der Waals surface area contributed by atoms with Gasteiger partial charge in [0.2, 0.25) is 0 Å². The third kappa shape index (κ3) is 3.87. The summed E-state index contributed by atoms with van der Waals surface area (Å²) in [6.45, 7) is 0. The molecule has 2 rings (SSSR count). The Labute approximate surface area is 122 Å². The summed E-state index contributed by atoms with van der Waals surface area (Å²) in [5, 5.41) is 2.67. The largest absolute Gasteiger partial charge is 0.467 e. The van der Waals surface area contributed by atoms with Crippen LogP contribution in [0.5, 0.6) is 0 Å². The van der Waals surface area contributed by atoms with Gasteiger partial charge < -0.3 is 10.1 Å². The van der Waals surface area contributed by atoms with Crippen LogP contribution in [0.15, 0.2) is 24.5 Å². The molecule has 21 heavy (non-hydrogen) atoms. The molecular weight excluding hydrogens is 272 g/mol. The first-order chi connectivity index (χ1) is 10.1. The van der Waals surface area contributed by atoms with E-state index >= 15 is 0 Å². The minimum absolute atomic E-state index is 0.121. The van der Waals surface area contributed by atoms with Gasteiger partial charge in [-0.1, -0.05) is 0 Å². The molecule has 1 saturated carbocycles. The smallest absolute Gasteiger partial charge is 0.328 e. The Hall–Kier alpha value is -2.24. The van der Waals surface area contributed by atoms with Gasteiger partial charge in [0.05, 0.1) is 12.7 Å². The van der Waals surface area contributed by atoms with Crippen LogP contribution in [0.2, 0.25) is 0 Å². The molecular formula is C15H18N2O4. The van der Waals surface area contributed by atoms with Crippen molar-refractivity contribution in [1.29, 1.82) is 0 Å². The minimum atomic E-state index is -0.799. The number of esters is 1. The Morgan fingerprint density at radius 1 is 1.48 bits per heavy atom. The molecule has 0 saturated heterocycles. The van der Waals surface area contributed by atoms with Crippen LogP contribution in [-0.4, -0.2) is 35.8 Å². The average Bonchev–Trinajstić information content (AvgIpc) is 2.52. The maximum atomic E-state index is 12.2. The highest BCUT2D eigenvalue weighted by molar-refractivity contribution is 5.96. The Bertz CT molecular complexity index is 530. The van der Waals surface area contributed by atoms with Crippen LogP contribution in [-0.2, 0) is 14.3 Å². The van der Waals surface area contributed by atoms with Crippen LogP contribution in [0.3, 0.4) is 0 Å². The average molecular weight is 290 g/mol. The van der Waals surface area contributed by atoms with Crippen molar-refractivity contribution in [3.05, 3.63) is 30.1 Å². The number of aromatic nitrogens is 1. The van der Waals surface area contributed by atoms with Crippen molar-refractivity contribution in [3.8, 4) is 0 Å². The fourth-order valence-electron chi connectivity index (χ4n) is 2.56. The van der Waals surface area contributed by atoms with E-state index in [1.807, 2.05) is 0 Å². The van der Waals surface area contributed by atoms with Crippen LogP contribution in [0, 0.1) is 5.92 Å². The zero-order chi connectivity index (χ0) is 15.2. The highest BCUT2D eigenvalue weighted by Gasteiger charge is 2.34. The molecule has 1 aliphatic carbocycles. The van der Waals surface area contributed by atoms with Gasteiger partial charge in [-0.3, -0.25) is 14.6 Å². The number of hydrogen-bond donors (Lipinski definition) is 1. The second-order valence-electron chi connectivity index (χ2n) is 5.11. The summed E-state index contributed by atoms with van der Waals surface area (Å²) >= 11 is 0. The minimum Gasteiger partial charge on any atom is -0.467 e. The summed E-state index contributed by atoms with van der Waals surface area (Å²) in [6.07, 6.45) is 5.29. The molecule has 0 bridgehead atoms. The van der Waals surface area contributed by atoms with Crippen molar-refractivity contribution < 1.29 is 19.1 Å². The molecule has 0 spiro atoms. The number of ether oxygens (including phenoxy) is 1. The van der Waals surface area contributed by atoms with Crippen LogP contribution >= 0.6 is 0 Å². The van der Waals surface area contributed by atoms with E-state index in [1.165, 1.54) is 13.3 Å². The number of carbonyl (C=O) groups is 3. The number of carbonyl (C=O) groups excluding carboxylic acids is 3. The summed E-state index contributed by atoms with van der Waals surface area (Å²) in [5.41, 5.74) is 0.369. The lowest BCUT2D eigenvalue weighted by Gasteiger charge is -2.28. The summed E-state index contributed by atoms with van der Waals surface area (Å²) in [5.74, 6) is -1.00. The molecule has 112 valence electrons. The van der Waals surface area contributed by atoms with E-state index in [9.17, 15) is 14.4 Å². The van der Waals surface area contributed by atoms with E-state index < -0.39 is 17.9 Å². The third-order valence-electron chi connectivity index (χ3n) is 3.66. The summed E-state index contributed by atoms with van der Waals surface area (Å²) in [6, 6.07) is 2.46. The molecule has 1 amide bonds. The zero-order valence-electron chi connectivity index (χ0n) is 11.9. The van der Waals surface area contributed by atoms with Crippen molar-refractivity contribution in [3.63, 3.8) is 0 Å². The number of hydrogen-bond acceptors (Lipinski definition) is 5. The van der Waals surface area contributed by atoms with Crippen molar-refractivity contribution >= 4 is 17.7 Å². The van der Waals surface area contributed by atoms with Crippen LogP contribution < -0.4 is 5.32 Å². The molecule has 1 fully saturated rings. The number of nitrogens with zero attached hydrogens (tertiary/aromatic N) is 1. The number of methoxy groups -OCH3 is 1. The molecule has 0 aliphatic heterocycles. The normalized spacial score (nSPS) is 19.7. The Morgan fingerprint density at radius 3 is 2.90 bits per heavy atom. The van der Waals surface area contributed by atoms with Crippen molar-refractivity contribution in [2.45, 2.75) is 31.7 Å². The highest BCUT2D eigenvalue weighted by Crippen LogP contribution is 2.25. The molecule has 0 unspecified atom stereocenters. The molecule has 1 aliphatic rings. The SMILES string of the molecule is COC(=O)[C@H](NC(=O)c1cccnc1)[C@@H]1CCCC(=O)C1. The van der Waals surface area contributed by atoms with Gasteiger partial charge in [0.15, 0.2) is 0 Å². The lowest BCUT2D eigenvalue weighted by Crippen LogP contribution is -2.48. The molecule has 1 N–H and O–H groups in total.